The van der Waals surface area contributed by atoms with Crippen LogP contribution in [0.1, 0.15) is 34.5 Å². The van der Waals surface area contributed by atoms with Crippen molar-refractivity contribution in [2.45, 2.75) is 33.4 Å². The number of aryl methyl sites for hydroxylation is 3. The lowest BCUT2D eigenvalue weighted by atomic mass is 10.0. The highest BCUT2D eigenvalue weighted by Crippen LogP contribution is 2.27. The van der Waals surface area contributed by atoms with Gasteiger partial charge < -0.3 is 9.52 Å². The predicted molar refractivity (Wildman–Crippen MR) is 78.0 cm³/mol. The van der Waals surface area contributed by atoms with Gasteiger partial charge in [0.1, 0.15) is 17.6 Å². The Morgan fingerprint density at radius 1 is 1.43 bits per heavy atom. The Bertz CT molecular complexity index is 657. The third kappa shape index (κ3) is 3.00. The van der Waals surface area contributed by atoms with Crippen LogP contribution in [-0.2, 0) is 18.4 Å². The average molecular weight is 291 g/mol. The maximum Gasteiger partial charge on any atom is 0.325 e. The molecule has 114 valence electrons. The molecule has 1 atom stereocenters. The number of carboxylic acid groups (broad SMARTS) is 1. The van der Waals surface area contributed by atoms with E-state index in [0.717, 1.165) is 28.5 Å². The van der Waals surface area contributed by atoms with Crippen molar-refractivity contribution < 1.29 is 14.3 Å². The van der Waals surface area contributed by atoms with Crippen LogP contribution in [0.5, 0.6) is 0 Å². The fraction of sp³-hybridized carbons (Fsp3) is 0.467. The van der Waals surface area contributed by atoms with Crippen LogP contribution in [0.15, 0.2) is 16.5 Å². The normalized spacial score (nSPS) is 12.9. The van der Waals surface area contributed by atoms with Gasteiger partial charge in [0.25, 0.3) is 0 Å². The lowest BCUT2D eigenvalue weighted by Gasteiger charge is -2.24. The molecular weight excluding hydrogens is 270 g/mol. The summed E-state index contributed by atoms with van der Waals surface area (Å²) in [4.78, 5) is 13.5. The van der Waals surface area contributed by atoms with Crippen molar-refractivity contribution in [3.63, 3.8) is 0 Å². The van der Waals surface area contributed by atoms with E-state index in [1.807, 2.05) is 40.0 Å². The van der Waals surface area contributed by atoms with E-state index in [1.165, 1.54) is 0 Å². The molecule has 2 heterocycles. The second kappa shape index (κ2) is 5.73. The molecule has 0 aromatic carbocycles. The van der Waals surface area contributed by atoms with Gasteiger partial charge in [-0.25, -0.2) is 0 Å². The van der Waals surface area contributed by atoms with E-state index in [0.29, 0.717) is 6.54 Å². The highest BCUT2D eigenvalue weighted by atomic mass is 16.4. The van der Waals surface area contributed by atoms with Gasteiger partial charge in [0.05, 0.1) is 12.2 Å². The number of likely N-dealkylation sites (N-methyl/N-ethyl adjacent to an activating group) is 1. The quantitative estimate of drug-likeness (QED) is 0.914. The zero-order valence-electron chi connectivity index (χ0n) is 13.0. The molecule has 0 radical (unpaired) electrons. The number of aromatic nitrogens is 2. The van der Waals surface area contributed by atoms with Crippen LogP contribution in [0, 0.1) is 20.8 Å². The summed E-state index contributed by atoms with van der Waals surface area (Å²) in [5.41, 5.74) is 2.35. The average Bonchev–Trinajstić information content (AvgIpc) is 2.88. The summed E-state index contributed by atoms with van der Waals surface area (Å²) >= 11 is 0. The van der Waals surface area contributed by atoms with Crippen LogP contribution < -0.4 is 0 Å². The van der Waals surface area contributed by atoms with Gasteiger partial charge in [-0.2, -0.15) is 5.10 Å². The minimum atomic E-state index is -0.889. The third-order valence-electron chi connectivity index (χ3n) is 3.71. The van der Waals surface area contributed by atoms with Crippen molar-refractivity contribution in [2.24, 2.45) is 7.05 Å². The largest absolute Gasteiger partial charge is 0.480 e. The molecule has 2 aromatic heterocycles. The van der Waals surface area contributed by atoms with Gasteiger partial charge in [-0.1, -0.05) is 0 Å². The van der Waals surface area contributed by atoms with Crippen molar-refractivity contribution >= 4 is 5.97 Å². The van der Waals surface area contributed by atoms with Gasteiger partial charge in [0, 0.05) is 18.3 Å². The molecule has 0 spiro atoms. The molecule has 0 saturated carbocycles. The molecular formula is C15H21N3O3. The fourth-order valence-corrected chi connectivity index (χ4v) is 2.63. The van der Waals surface area contributed by atoms with Gasteiger partial charge in [-0.05, 0) is 40.0 Å². The maximum atomic E-state index is 11.7. The number of aliphatic carboxylic acids is 1. The topological polar surface area (TPSA) is 71.5 Å². The van der Waals surface area contributed by atoms with Crippen LogP contribution in [0.2, 0.25) is 0 Å². The first-order valence-corrected chi connectivity index (χ1v) is 6.79. The van der Waals surface area contributed by atoms with Crippen molar-refractivity contribution in [3.05, 3.63) is 40.6 Å². The Morgan fingerprint density at radius 3 is 2.52 bits per heavy atom. The van der Waals surface area contributed by atoms with E-state index >= 15 is 0 Å². The molecule has 1 unspecified atom stereocenters. The first kappa shape index (κ1) is 15.3. The number of carbonyl (C=O) groups is 1. The second-order valence-electron chi connectivity index (χ2n) is 5.38. The van der Waals surface area contributed by atoms with Crippen LogP contribution in [-0.4, -0.2) is 32.8 Å². The standard InChI is InChI=1S/C15H21N3O3/c1-9-6-7-12(21-9)8-17(4)14(15(19)20)13-10(2)16-18(5)11(13)3/h6-7,14H,8H2,1-5H3,(H,19,20). The first-order valence-electron chi connectivity index (χ1n) is 6.79. The van der Waals surface area contributed by atoms with Crippen molar-refractivity contribution in [1.82, 2.24) is 14.7 Å². The van der Waals surface area contributed by atoms with Gasteiger partial charge in [-0.15, -0.1) is 0 Å². The highest BCUT2D eigenvalue weighted by molar-refractivity contribution is 5.76. The lowest BCUT2D eigenvalue weighted by Crippen LogP contribution is -2.31. The molecule has 21 heavy (non-hydrogen) atoms. The van der Waals surface area contributed by atoms with Gasteiger partial charge >= 0.3 is 5.97 Å². The summed E-state index contributed by atoms with van der Waals surface area (Å²) in [6.45, 7) is 6.02. The fourth-order valence-electron chi connectivity index (χ4n) is 2.63. The van der Waals surface area contributed by atoms with Gasteiger partial charge in [-0.3, -0.25) is 14.4 Å². The summed E-state index contributed by atoms with van der Waals surface area (Å²) < 4.78 is 7.24. The van der Waals surface area contributed by atoms with Gasteiger partial charge in [0.2, 0.25) is 0 Å². The van der Waals surface area contributed by atoms with E-state index in [4.69, 9.17) is 4.42 Å². The minimum Gasteiger partial charge on any atom is -0.480 e. The van der Waals surface area contributed by atoms with Crippen LogP contribution >= 0.6 is 0 Å². The Kier molecular flexibility index (Phi) is 4.18. The Labute approximate surface area is 124 Å². The summed E-state index contributed by atoms with van der Waals surface area (Å²) in [6, 6.07) is 3.00. The zero-order chi connectivity index (χ0) is 15.7. The monoisotopic (exact) mass is 291 g/mol. The molecule has 0 bridgehead atoms. The smallest absolute Gasteiger partial charge is 0.325 e. The Morgan fingerprint density at radius 2 is 2.10 bits per heavy atom. The SMILES string of the molecule is Cc1ccc(CN(C)C(C(=O)O)c2c(C)nn(C)c2C)o1. The summed E-state index contributed by atoms with van der Waals surface area (Å²) in [5.74, 6) is 0.680. The van der Waals surface area contributed by atoms with Crippen molar-refractivity contribution in [1.29, 1.82) is 0 Å². The van der Waals surface area contributed by atoms with Crippen molar-refractivity contribution in [2.75, 3.05) is 7.05 Å². The highest BCUT2D eigenvalue weighted by Gasteiger charge is 2.30. The molecule has 1 N–H and O–H groups in total. The van der Waals surface area contributed by atoms with Crippen LogP contribution in [0.25, 0.3) is 0 Å². The molecule has 0 aliphatic carbocycles. The summed E-state index contributed by atoms with van der Waals surface area (Å²) in [5, 5.41) is 13.9. The first-order chi connectivity index (χ1) is 9.81. The molecule has 6 nitrogen and oxygen atoms in total. The van der Waals surface area contributed by atoms with E-state index in [-0.39, 0.29) is 0 Å². The van der Waals surface area contributed by atoms with E-state index in [9.17, 15) is 9.90 Å². The Balaban J connectivity index is 2.32. The number of hydrogen-bond acceptors (Lipinski definition) is 4. The lowest BCUT2D eigenvalue weighted by molar-refractivity contribution is -0.143. The van der Waals surface area contributed by atoms with Crippen LogP contribution in [0.4, 0.5) is 0 Å². The van der Waals surface area contributed by atoms with Crippen molar-refractivity contribution in [3.8, 4) is 0 Å². The van der Waals surface area contributed by atoms with E-state index in [2.05, 4.69) is 5.10 Å². The van der Waals surface area contributed by atoms with E-state index in [1.54, 1.807) is 16.6 Å². The number of furan rings is 1. The maximum absolute atomic E-state index is 11.7. The molecule has 2 rings (SSSR count). The number of hydrogen-bond donors (Lipinski definition) is 1. The molecule has 0 aliphatic heterocycles. The molecule has 0 fully saturated rings. The van der Waals surface area contributed by atoms with Gasteiger partial charge in [0.15, 0.2) is 0 Å². The second-order valence-corrected chi connectivity index (χ2v) is 5.38. The molecule has 2 aromatic rings. The number of rotatable bonds is 5. The van der Waals surface area contributed by atoms with Crippen LogP contribution in [0.3, 0.4) is 0 Å². The minimum absolute atomic E-state index is 0.429. The molecule has 0 amide bonds. The van der Waals surface area contributed by atoms with E-state index < -0.39 is 12.0 Å². The number of nitrogens with zero attached hydrogens (tertiary/aromatic N) is 3. The molecule has 0 saturated heterocycles. The molecule has 6 heteroatoms. The zero-order valence-corrected chi connectivity index (χ0v) is 13.0. The third-order valence-corrected chi connectivity index (χ3v) is 3.71. The number of carboxylic acids is 1. The molecule has 0 aliphatic rings. The Hall–Kier alpha value is -2.08. The summed E-state index contributed by atoms with van der Waals surface area (Å²) in [6.07, 6.45) is 0. The summed E-state index contributed by atoms with van der Waals surface area (Å²) in [7, 11) is 3.60. The predicted octanol–water partition coefficient (Wildman–Crippen LogP) is 2.20.